The number of benzene rings is 1. The normalized spacial score (nSPS) is 19.4. The summed E-state index contributed by atoms with van der Waals surface area (Å²) >= 11 is 0. The molecule has 1 aromatic carbocycles. The molecule has 0 atom stereocenters. The van der Waals surface area contributed by atoms with Crippen LogP contribution in [0.2, 0.25) is 0 Å². The Bertz CT molecular complexity index is 1050. The van der Waals surface area contributed by atoms with Crippen LogP contribution in [0, 0.1) is 5.41 Å². The van der Waals surface area contributed by atoms with Crippen molar-refractivity contribution in [1.82, 2.24) is 0 Å². The zero-order valence-electron chi connectivity index (χ0n) is 18.3. The molecule has 1 aromatic rings. The lowest BCUT2D eigenvalue weighted by atomic mass is 9.61. The molecule has 0 unspecified atom stereocenters. The Morgan fingerprint density at radius 1 is 0.857 bits per heavy atom. The first-order valence-electron chi connectivity index (χ1n) is 11.3. The topological polar surface area (TPSA) is 0 Å². The molecule has 0 heteroatoms. The Kier molecular flexibility index (Phi) is 5.08. The number of fused-ring (bicyclic) bond motifs is 2. The summed E-state index contributed by atoms with van der Waals surface area (Å²) in [5.41, 5.74) is 10.9. The standard InChI is InChI=1S/C28H34/c1-6-19-15-20(7-2)26-22(16-19)17-25-24(26)18-23(8-3)28(9-4,10-5)27(25)21-13-11-12-14-21/h11-13,15-18H,6-10,14H2,1-5H3. The fraction of sp³-hybridized carbons (Fsp3) is 0.429. The maximum Gasteiger partial charge on any atom is 0.0168 e. The van der Waals surface area contributed by atoms with Crippen molar-refractivity contribution in [3.05, 3.63) is 80.3 Å². The summed E-state index contributed by atoms with van der Waals surface area (Å²) in [6.45, 7) is 11.7. The van der Waals surface area contributed by atoms with Crippen LogP contribution in [0.15, 0.2) is 58.7 Å². The van der Waals surface area contributed by atoms with E-state index in [1.165, 1.54) is 51.1 Å². The summed E-state index contributed by atoms with van der Waals surface area (Å²) in [6.07, 6.45) is 18.8. The second kappa shape index (κ2) is 7.39. The monoisotopic (exact) mass is 370 g/mol. The van der Waals surface area contributed by atoms with Crippen LogP contribution >= 0.6 is 0 Å². The summed E-state index contributed by atoms with van der Waals surface area (Å²) in [5, 5.41) is 2.95. The van der Waals surface area contributed by atoms with E-state index in [1.54, 1.807) is 11.1 Å². The molecule has 3 aliphatic carbocycles. The van der Waals surface area contributed by atoms with Crippen LogP contribution in [0.1, 0.15) is 71.4 Å². The van der Waals surface area contributed by atoms with Crippen LogP contribution in [-0.4, -0.2) is 0 Å². The second-order valence-corrected chi connectivity index (χ2v) is 8.41. The molecule has 0 radical (unpaired) electrons. The molecule has 0 fully saturated rings. The predicted octanol–water partition coefficient (Wildman–Crippen LogP) is 6.10. The summed E-state index contributed by atoms with van der Waals surface area (Å²) in [4.78, 5) is 0. The lowest BCUT2D eigenvalue weighted by Gasteiger charge is -2.42. The molecule has 4 rings (SSSR count). The first kappa shape index (κ1) is 19.2. The van der Waals surface area contributed by atoms with E-state index in [1.807, 2.05) is 0 Å². The number of aryl methyl sites for hydroxylation is 2. The third kappa shape index (κ3) is 2.65. The van der Waals surface area contributed by atoms with Gasteiger partial charge in [0, 0.05) is 5.41 Å². The van der Waals surface area contributed by atoms with Crippen molar-refractivity contribution in [3.63, 3.8) is 0 Å². The maximum atomic E-state index is 2.57. The van der Waals surface area contributed by atoms with Crippen LogP contribution in [0.25, 0.3) is 11.6 Å². The molecule has 0 amide bonds. The third-order valence-electron chi connectivity index (χ3n) is 7.32. The molecule has 0 bridgehead atoms. The van der Waals surface area contributed by atoms with Gasteiger partial charge >= 0.3 is 0 Å². The minimum absolute atomic E-state index is 0.184. The highest BCUT2D eigenvalue weighted by Gasteiger charge is 2.41. The van der Waals surface area contributed by atoms with Gasteiger partial charge in [-0.3, -0.25) is 0 Å². The second-order valence-electron chi connectivity index (χ2n) is 8.41. The first-order valence-corrected chi connectivity index (χ1v) is 11.3. The molecule has 0 heterocycles. The van der Waals surface area contributed by atoms with E-state index in [-0.39, 0.29) is 5.41 Å². The zero-order chi connectivity index (χ0) is 19.9. The van der Waals surface area contributed by atoms with Crippen molar-refractivity contribution >= 4 is 11.6 Å². The Morgan fingerprint density at radius 3 is 2.21 bits per heavy atom. The average Bonchev–Trinajstić information content (AvgIpc) is 3.38. The fourth-order valence-corrected chi connectivity index (χ4v) is 5.79. The predicted molar refractivity (Wildman–Crippen MR) is 123 cm³/mol. The minimum Gasteiger partial charge on any atom is -0.0801 e. The molecule has 28 heavy (non-hydrogen) atoms. The summed E-state index contributed by atoms with van der Waals surface area (Å²) in [7, 11) is 0. The molecule has 0 saturated carbocycles. The highest BCUT2D eigenvalue weighted by atomic mass is 14.4. The Labute approximate surface area is 170 Å². The number of hydrogen-bond donors (Lipinski definition) is 0. The molecule has 0 aromatic heterocycles. The van der Waals surface area contributed by atoms with Gasteiger partial charge in [-0.1, -0.05) is 76.6 Å². The van der Waals surface area contributed by atoms with Crippen molar-refractivity contribution in [2.45, 2.75) is 73.1 Å². The van der Waals surface area contributed by atoms with Crippen LogP contribution in [0.3, 0.4) is 0 Å². The molecular weight excluding hydrogens is 336 g/mol. The SMILES string of the molecule is CCC1=CC2=c3c(CC)cc(CC)cc3=CC2=C(C2=CC=CC2)C1(CC)CC. The molecule has 0 aliphatic heterocycles. The average molecular weight is 371 g/mol. The third-order valence-corrected chi connectivity index (χ3v) is 7.32. The Hall–Kier alpha value is -2.08. The van der Waals surface area contributed by atoms with Crippen molar-refractivity contribution < 1.29 is 0 Å². The van der Waals surface area contributed by atoms with E-state index in [4.69, 9.17) is 0 Å². The summed E-state index contributed by atoms with van der Waals surface area (Å²) < 4.78 is 0. The molecular formula is C28H34. The molecule has 146 valence electrons. The van der Waals surface area contributed by atoms with Gasteiger partial charge in [0.15, 0.2) is 0 Å². The van der Waals surface area contributed by atoms with Crippen molar-refractivity contribution in [3.8, 4) is 0 Å². The largest absolute Gasteiger partial charge is 0.0801 e. The van der Waals surface area contributed by atoms with Gasteiger partial charge in [0.1, 0.15) is 0 Å². The molecule has 3 aliphatic rings. The van der Waals surface area contributed by atoms with Crippen LogP contribution < -0.4 is 10.4 Å². The maximum absolute atomic E-state index is 2.57. The number of rotatable bonds is 6. The van der Waals surface area contributed by atoms with Gasteiger partial charge in [-0.2, -0.15) is 0 Å². The lowest BCUT2D eigenvalue weighted by Crippen LogP contribution is -2.31. The smallest absolute Gasteiger partial charge is 0.0168 e. The van der Waals surface area contributed by atoms with Gasteiger partial charge in [0.25, 0.3) is 0 Å². The van der Waals surface area contributed by atoms with E-state index in [9.17, 15) is 0 Å². The van der Waals surface area contributed by atoms with E-state index in [2.05, 4.69) is 77.1 Å². The van der Waals surface area contributed by atoms with Gasteiger partial charge in [-0.25, -0.2) is 0 Å². The first-order chi connectivity index (χ1) is 13.6. The van der Waals surface area contributed by atoms with Crippen molar-refractivity contribution in [1.29, 1.82) is 0 Å². The summed E-state index contributed by atoms with van der Waals surface area (Å²) in [6, 6.07) is 4.88. The van der Waals surface area contributed by atoms with Gasteiger partial charge in [0.2, 0.25) is 0 Å². The van der Waals surface area contributed by atoms with Gasteiger partial charge in [0.05, 0.1) is 0 Å². The van der Waals surface area contributed by atoms with Crippen molar-refractivity contribution in [2.75, 3.05) is 0 Å². The van der Waals surface area contributed by atoms with Gasteiger partial charge < -0.3 is 0 Å². The number of hydrogen-bond acceptors (Lipinski definition) is 0. The van der Waals surface area contributed by atoms with Gasteiger partial charge in [-0.15, -0.1) is 0 Å². The number of allylic oxidation sites excluding steroid dienone is 8. The van der Waals surface area contributed by atoms with Crippen LogP contribution in [0.5, 0.6) is 0 Å². The van der Waals surface area contributed by atoms with Crippen LogP contribution in [-0.2, 0) is 12.8 Å². The fourth-order valence-electron chi connectivity index (χ4n) is 5.79. The molecule has 0 nitrogen and oxygen atoms in total. The minimum atomic E-state index is 0.184. The Balaban J connectivity index is 2.13. The highest BCUT2D eigenvalue weighted by Crippen LogP contribution is 2.54. The van der Waals surface area contributed by atoms with E-state index in [0.717, 1.165) is 25.7 Å². The molecule has 0 spiro atoms. The highest BCUT2D eigenvalue weighted by molar-refractivity contribution is 5.93. The van der Waals surface area contributed by atoms with Crippen LogP contribution in [0.4, 0.5) is 0 Å². The lowest BCUT2D eigenvalue weighted by molar-refractivity contribution is 0.388. The van der Waals surface area contributed by atoms with E-state index >= 15 is 0 Å². The zero-order valence-corrected chi connectivity index (χ0v) is 18.3. The Morgan fingerprint density at radius 2 is 1.64 bits per heavy atom. The van der Waals surface area contributed by atoms with E-state index in [0.29, 0.717) is 0 Å². The quantitative estimate of drug-likeness (QED) is 0.568. The van der Waals surface area contributed by atoms with Gasteiger partial charge in [-0.05, 0) is 88.5 Å². The molecule has 0 saturated heterocycles. The summed E-state index contributed by atoms with van der Waals surface area (Å²) in [5.74, 6) is 0. The molecule has 0 N–H and O–H groups in total. The van der Waals surface area contributed by atoms with Crippen molar-refractivity contribution in [2.24, 2.45) is 5.41 Å². The van der Waals surface area contributed by atoms with E-state index < -0.39 is 0 Å².